The van der Waals surface area contributed by atoms with E-state index in [-0.39, 0.29) is 0 Å². The number of furan rings is 1. The van der Waals surface area contributed by atoms with E-state index in [4.69, 9.17) is 16.0 Å². The fourth-order valence-corrected chi connectivity index (χ4v) is 2.19. The number of rotatable bonds is 3. The van der Waals surface area contributed by atoms with Crippen LogP contribution in [0.15, 0.2) is 28.9 Å². The summed E-state index contributed by atoms with van der Waals surface area (Å²) in [6, 6.07) is 6.08. The Morgan fingerprint density at radius 3 is 2.59 bits per heavy atom. The number of nitrogens with one attached hydrogen (secondary N) is 1. The van der Waals surface area contributed by atoms with Gasteiger partial charge in [-0.05, 0) is 50.2 Å². The summed E-state index contributed by atoms with van der Waals surface area (Å²) in [4.78, 5) is 0. The minimum Gasteiger partial charge on any atom is -0.467 e. The van der Waals surface area contributed by atoms with Gasteiger partial charge in [-0.25, -0.2) is 0 Å². The first-order valence-corrected chi connectivity index (χ1v) is 5.99. The summed E-state index contributed by atoms with van der Waals surface area (Å²) >= 11 is 6.30. The van der Waals surface area contributed by atoms with Crippen molar-refractivity contribution in [2.24, 2.45) is 0 Å². The normalized spacial score (nSPS) is 10.8. The molecular weight excluding hydrogens is 234 g/mol. The topological polar surface area (TPSA) is 25.2 Å². The van der Waals surface area contributed by atoms with Gasteiger partial charge in [-0.3, -0.25) is 0 Å². The third-order valence-electron chi connectivity index (χ3n) is 2.96. The van der Waals surface area contributed by atoms with E-state index in [1.807, 2.05) is 19.2 Å². The zero-order valence-electron chi connectivity index (χ0n) is 10.3. The lowest BCUT2D eigenvalue weighted by Crippen LogP contribution is -2.05. The molecule has 0 radical (unpaired) electrons. The Morgan fingerprint density at radius 2 is 1.88 bits per heavy atom. The maximum Gasteiger partial charge on any atom is 0.125 e. The van der Waals surface area contributed by atoms with Crippen molar-refractivity contribution in [3.8, 4) is 11.1 Å². The zero-order valence-corrected chi connectivity index (χ0v) is 11.1. The highest BCUT2D eigenvalue weighted by Crippen LogP contribution is 2.33. The van der Waals surface area contributed by atoms with Crippen LogP contribution in [0.1, 0.15) is 16.9 Å². The first-order chi connectivity index (χ1) is 8.13. The SMILES string of the molecule is CNCc1occc1-c1cc(C)c(C)cc1Cl. The van der Waals surface area contributed by atoms with E-state index >= 15 is 0 Å². The van der Waals surface area contributed by atoms with E-state index in [0.717, 1.165) is 21.9 Å². The van der Waals surface area contributed by atoms with Crippen LogP contribution in [-0.4, -0.2) is 7.05 Å². The molecule has 1 heterocycles. The molecule has 0 saturated heterocycles. The fraction of sp³-hybridized carbons (Fsp3) is 0.286. The fourth-order valence-electron chi connectivity index (χ4n) is 1.87. The van der Waals surface area contributed by atoms with E-state index in [9.17, 15) is 0 Å². The van der Waals surface area contributed by atoms with Gasteiger partial charge >= 0.3 is 0 Å². The number of aryl methyl sites for hydroxylation is 2. The molecule has 2 aromatic rings. The Labute approximate surface area is 107 Å². The standard InChI is InChI=1S/C14H16ClNO/c1-9-6-12(13(15)7-10(9)2)11-4-5-17-14(11)8-16-3/h4-7,16H,8H2,1-3H3. The second kappa shape index (κ2) is 4.94. The molecular formula is C14H16ClNO. The number of hydrogen-bond donors (Lipinski definition) is 1. The van der Waals surface area contributed by atoms with Crippen molar-refractivity contribution in [1.29, 1.82) is 0 Å². The molecule has 0 aliphatic carbocycles. The van der Waals surface area contributed by atoms with Crippen LogP contribution in [0.2, 0.25) is 5.02 Å². The maximum absolute atomic E-state index is 6.30. The van der Waals surface area contributed by atoms with Gasteiger partial charge in [0.2, 0.25) is 0 Å². The van der Waals surface area contributed by atoms with Crippen LogP contribution in [0.25, 0.3) is 11.1 Å². The van der Waals surface area contributed by atoms with Crippen LogP contribution < -0.4 is 5.32 Å². The predicted octanol–water partition coefficient (Wildman–Crippen LogP) is 3.94. The van der Waals surface area contributed by atoms with Gasteiger partial charge in [0.25, 0.3) is 0 Å². The molecule has 17 heavy (non-hydrogen) atoms. The molecule has 0 spiro atoms. The van der Waals surface area contributed by atoms with Gasteiger partial charge in [-0.15, -0.1) is 0 Å². The van der Waals surface area contributed by atoms with Gasteiger partial charge in [0, 0.05) is 16.1 Å². The third kappa shape index (κ3) is 2.38. The average molecular weight is 250 g/mol. The summed E-state index contributed by atoms with van der Waals surface area (Å²) < 4.78 is 5.46. The van der Waals surface area contributed by atoms with Crippen molar-refractivity contribution >= 4 is 11.6 Å². The highest BCUT2D eigenvalue weighted by atomic mass is 35.5. The smallest absolute Gasteiger partial charge is 0.125 e. The molecule has 0 fully saturated rings. The summed E-state index contributed by atoms with van der Waals surface area (Å²) in [5.41, 5.74) is 4.54. The lowest BCUT2D eigenvalue weighted by Gasteiger charge is -2.08. The lowest BCUT2D eigenvalue weighted by atomic mass is 10.0. The molecule has 0 atom stereocenters. The third-order valence-corrected chi connectivity index (χ3v) is 3.27. The van der Waals surface area contributed by atoms with E-state index < -0.39 is 0 Å². The van der Waals surface area contributed by atoms with Crippen molar-refractivity contribution in [2.75, 3.05) is 7.05 Å². The van der Waals surface area contributed by atoms with Crippen LogP contribution in [-0.2, 0) is 6.54 Å². The first kappa shape index (κ1) is 12.2. The van der Waals surface area contributed by atoms with Crippen molar-refractivity contribution in [3.63, 3.8) is 0 Å². The van der Waals surface area contributed by atoms with Crippen LogP contribution >= 0.6 is 11.6 Å². The van der Waals surface area contributed by atoms with Crippen molar-refractivity contribution in [2.45, 2.75) is 20.4 Å². The number of halogens is 1. The van der Waals surface area contributed by atoms with Crippen molar-refractivity contribution in [1.82, 2.24) is 5.32 Å². The quantitative estimate of drug-likeness (QED) is 0.892. The second-order valence-corrected chi connectivity index (χ2v) is 4.61. The summed E-state index contributed by atoms with van der Waals surface area (Å²) in [6.45, 7) is 4.85. The summed E-state index contributed by atoms with van der Waals surface area (Å²) in [5, 5.41) is 3.86. The highest BCUT2D eigenvalue weighted by molar-refractivity contribution is 6.33. The average Bonchev–Trinajstić information content (AvgIpc) is 2.72. The first-order valence-electron chi connectivity index (χ1n) is 5.61. The van der Waals surface area contributed by atoms with Crippen molar-refractivity contribution < 1.29 is 4.42 Å². The van der Waals surface area contributed by atoms with E-state index in [2.05, 4.69) is 25.2 Å². The molecule has 0 unspecified atom stereocenters. The predicted molar refractivity (Wildman–Crippen MR) is 71.4 cm³/mol. The van der Waals surface area contributed by atoms with Crippen LogP contribution in [0.5, 0.6) is 0 Å². The lowest BCUT2D eigenvalue weighted by molar-refractivity contribution is 0.497. The Bertz CT molecular complexity index is 531. The van der Waals surface area contributed by atoms with Gasteiger partial charge in [-0.1, -0.05) is 11.6 Å². The molecule has 2 nitrogen and oxygen atoms in total. The Kier molecular flexibility index (Phi) is 3.55. The second-order valence-electron chi connectivity index (χ2n) is 4.20. The van der Waals surface area contributed by atoms with E-state index in [0.29, 0.717) is 6.54 Å². The minimum atomic E-state index is 0.700. The molecule has 3 heteroatoms. The summed E-state index contributed by atoms with van der Waals surface area (Å²) in [7, 11) is 1.90. The maximum atomic E-state index is 6.30. The van der Waals surface area contributed by atoms with Crippen molar-refractivity contribution in [3.05, 3.63) is 46.4 Å². The number of benzene rings is 1. The Balaban J connectivity index is 2.52. The van der Waals surface area contributed by atoms with Crippen LogP contribution in [0, 0.1) is 13.8 Å². The van der Waals surface area contributed by atoms with Crippen LogP contribution in [0.3, 0.4) is 0 Å². The van der Waals surface area contributed by atoms with E-state index in [1.165, 1.54) is 11.1 Å². The molecule has 0 amide bonds. The molecule has 1 aromatic carbocycles. The Morgan fingerprint density at radius 1 is 1.18 bits per heavy atom. The molecule has 1 N–H and O–H groups in total. The summed E-state index contributed by atoms with van der Waals surface area (Å²) in [5.74, 6) is 0.914. The number of hydrogen-bond acceptors (Lipinski definition) is 2. The molecule has 0 saturated carbocycles. The molecule has 90 valence electrons. The van der Waals surface area contributed by atoms with Gasteiger partial charge in [0.1, 0.15) is 5.76 Å². The van der Waals surface area contributed by atoms with Gasteiger partial charge in [0.05, 0.1) is 12.8 Å². The monoisotopic (exact) mass is 249 g/mol. The summed E-state index contributed by atoms with van der Waals surface area (Å²) in [6.07, 6.45) is 1.70. The van der Waals surface area contributed by atoms with Gasteiger partial charge in [0.15, 0.2) is 0 Å². The molecule has 2 rings (SSSR count). The molecule has 0 aliphatic heterocycles. The minimum absolute atomic E-state index is 0.700. The van der Waals surface area contributed by atoms with Gasteiger partial charge in [-0.2, -0.15) is 0 Å². The van der Waals surface area contributed by atoms with E-state index in [1.54, 1.807) is 6.26 Å². The molecule has 0 aliphatic rings. The highest BCUT2D eigenvalue weighted by Gasteiger charge is 2.12. The molecule has 0 bridgehead atoms. The van der Waals surface area contributed by atoms with Crippen LogP contribution in [0.4, 0.5) is 0 Å². The largest absolute Gasteiger partial charge is 0.467 e. The van der Waals surface area contributed by atoms with Gasteiger partial charge < -0.3 is 9.73 Å². The zero-order chi connectivity index (χ0) is 12.4. The Hall–Kier alpha value is -1.25. The molecule has 1 aromatic heterocycles.